The average Bonchev–Trinajstić information content (AvgIpc) is 2.69. The predicted molar refractivity (Wildman–Crippen MR) is 74.2 cm³/mol. The molecule has 1 aromatic heterocycles. The van der Waals surface area contributed by atoms with E-state index in [1.54, 1.807) is 36.5 Å². The molecule has 90 valence electrons. The minimum Gasteiger partial charge on any atom is -0.380 e. The molecule has 0 saturated carbocycles. The van der Waals surface area contributed by atoms with Gasteiger partial charge in [-0.15, -0.1) is 11.3 Å². The number of benzene rings is 1. The van der Waals surface area contributed by atoms with Gasteiger partial charge in [0, 0.05) is 25.4 Å². The molecule has 0 aliphatic carbocycles. The minimum atomic E-state index is -1.11. The van der Waals surface area contributed by atoms with Crippen LogP contribution in [0.3, 0.4) is 0 Å². The molecule has 0 radical (unpaired) electrons. The van der Waals surface area contributed by atoms with E-state index in [1.807, 2.05) is 19.1 Å². The summed E-state index contributed by atoms with van der Waals surface area (Å²) in [4.78, 5) is 2.01. The molecule has 0 amide bonds. The summed E-state index contributed by atoms with van der Waals surface area (Å²) in [6.07, 6.45) is 0. The third-order valence-corrected chi connectivity index (χ3v) is 4.45. The van der Waals surface area contributed by atoms with Crippen molar-refractivity contribution < 1.29 is 5.11 Å². The van der Waals surface area contributed by atoms with E-state index in [9.17, 15) is 5.11 Å². The molecular formula is C13H12Cl2OS. The Morgan fingerprint density at radius 2 is 1.88 bits per heavy atom. The second kappa shape index (κ2) is 4.62. The van der Waals surface area contributed by atoms with Crippen LogP contribution >= 0.6 is 34.5 Å². The zero-order chi connectivity index (χ0) is 12.6. The number of halogens is 2. The third-order valence-electron chi connectivity index (χ3n) is 2.67. The van der Waals surface area contributed by atoms with Gasteiger partial charge in [-0.05, 0) is 44.2 Å². The number of aryl methyl sites for hydroxylation is 1. The topological polar surface area (TPSA) is 20.2 Å². The van der Waals surface area contributed by atoms with Gasteiger partial charge in [0.1, 0.15) is 5.60 Å². The zero-order valence-corrected chi connectivity index (χ0v) is 11.8. The molecule has 17 heavy (non-hydrogen) atoms. The van der Waals surface area contributed by atoms with Crippen LogP contribution < -0.4 is 0 Å². The van der Waals surface area contributed by atoms with Crippen LogP contribution in [0.25, 0.3) is 0 Å². The lowest BCUT2D eigenvalue weighted by molar-refractivity contribution is 0.106. The molecule has 1 aromatic carbocycles. The van der Waals surface area contributed by atoms with Crippen LogP contribution in [-0.2, 0) is 5.60 Å². The largest absolute Gasteiger partial charge is 0.380 e. The summed E-state index contributed by atoms with van der Waals surface area (Å²) in [6, 6.07) is 9.01. The smallest absolute Gasteiger partial charge is 0.122 e. The number of thiophene rings is 1. The van der Waals surface area contributed by atoms with Crippen molar-refractivity contribution in [2.45, 2.75) is 19.4 Å². The van der Waals surface area contributed by atoms with Gasteiger partial charge in [0.25, 0.3) is 0 Å². The Morgan fingerprint density at radius 1 is 1.18 bits per heavy atom. The first-order chi connectivity index (χ1) is 7.91. The SMILES string of the molecule is Cc1ccc(C(C)(O)c2cc(Cl)ccc2Cl)s1. The highest BCUT2D eigenvalue weighted by Gasteiger charge is 2.29. The summed E-state index contributed by atoms with van der Waals surface area (Å²) in [5.41, 5.74) is -0.477. The Labute approximate surface area is 115 Å². The van der Waals surface area contributed by atoms with E-state index in [2.05, 4.69) is 0 Å². The van der Waals surface area contributed by atoms with Crippen molar-refractivity contribution in [2.75, 3.05) is 0 Å². The van der Waals surface area contributed by atoms with Crippen molar-refractivity contribution in [1.29, 1.82) is 0 Å². The lowest BCUT2D eigenvalue weighted by Crippen LogP contribution is -2.21. The average molecular weight is 287 g/mol. The lowest BCUT2D eigenvalue weighted by Gasteiger charge is -2.24. The molecule has 2 rings (SSSR count). The zero-order valence-electron chi connectivity index (χ0n) is 9.50. The summed E-state index contributed by atoms with van der Waals surface area (Å²) in [5, 5.41) is 11.7. The van der Waals surface area contributed by atoms with Crippen molar-refractivity contribution >= 4 is 34.5 Å². The molecule has 0 aliphatic rings. The van der Waals surface area contributed by atoms with Crippen molar-refractivity contribution in [3.05, 3.63) is 55.7 Å². The summed E-state index contributed by atoms with van der Waals surface area (Å²) in [6.45, 7) is 3.74. The summed E-state index contributed by atoms with van der Waals surface area (Å²) in [7, 11) is 0. The van der Waals surface area contributed by atoms with Gasteiger partial charge in [0.15, 0.2) is 0 Å². The first-order valence-electron chi connectivity index (χ1n) is 5.16. The molecule has 0 saturated heterocycles. The molecule has 2 aromatic rings. The maximum atomic E-state index is 10.6. The highest BCUT2D eigenvalue weighted by molar-refractivity contribution is 7.12. The van der Waals surface area contributed by atoms with Gasteiger partial charge in [-0.25, -0.2) is 0 Å². The summed E-state index contributed by atoms with van der Waals surface area (Å²) < 4.78 is 0. The van der Waals surface area contributed by atoms with Crippen molar-refractivity contribution in [2.24, 2.45) is 0 Å². The molecular weight excluding hydrogens is 275 g/mol. The maximum absolute atomic E-state index is 10.6. The maximum Gasteiger partial charge on any atom is 0.122 e. The molecule has 1 nitrogen and oxygen atoms in total. The van der Waals surface area contributed by atoms with Crippen LogP contribution in [0.15, 0.2) is 30.3 Å². The normalized spacial score (nSPS) is 14.6. The second-order valence-electron chi connectivity index (χ2n) is 4.11. The number of hydrogen-bond acceptors (Lipinski definition) is 2. The Hall–Kier alpha value is -0.540. The van der Waals surface area contributed by atoms with Gasteiger partial charge < -0.3 is 5.11 Å². The number of rotatable bonds is 2. The third kappa shape index (κ3) is 2.50. The Kier molecular flexibility index (Phi) is 3.50. The van der Waals surface area contributed by atoms with E-state index in [0.29, 0.717) is 15.6 Å². The van der Waals surface area contributed by atoms with Crippen LogP contribution in [0.5, 0.6) is 0 Å². The van der Waals surface area contributed by atoms with Crippen molar-refractivity contribution in [1.82, 2.24) is 0 Å². The molecule has 0 fully saturated rings. The molecule has 1 unspecified atom stereocenters. The van der Waals surface area contributed by atoms with Crippen LogP contribution in [0.1, 0.15) is 22.2 Å². The first-order valence-corrected chi connectivity index (χ1v) is 6.73. The van der Waals surface area contributed by atoms with Crippen LogP contribution in [0, 0.1) is 6.92 Å². The number of hydrogen-bond donors (Lipinski definition) is 1. The Bertz CT molecular complexity index is 546. The van der Waals surface area contributed by atoms with E-state index < -0.39 is 5.60 Å². The summed E-state index contributed by atoms with van der Waals surface area (Å²) in [5.74, 6) is 0. The molecule has 1 N–H and O–H groups in total. The van der Waals surface area contributed by atoms with Gasteiger partial charge in [0.2, 0.25) is 0 Å². The fraction of sp³-hybridized carbons (Fsp3) is 0.231. The first kappa shape index (κ1) is 12.9. The van der Waals surface area contributed by atoms with Gasteiger partial charge >= 0.3 is 0 Å². The predicted octanol–water partition coefficient (Wildman–Crippen LogP) is 4.62. The molecule has 1 heterocycles. The molecule has 0 bridgehead atoms. The van der Waals surface area contributed by atoms with Crippen LogP contribution in [-0.4, -0.2) is 5.11 Å². The van der Waals surface area contributed by atoms with E-state index in [0.717, 1.165) is 9.75 Å². The van der Waals surface area contributed by atoms with Gasteiger partial charge in [-0.3, -0.25) is 0 Å². The quantitative estimate of drug-likeness (QED) is 0.854. The highest BCUT2D eigenvalue weighted by Crippen LogP contribution is 2.38. The fourth-order valence-electron chi connectivity index (χ4n) is 1.70. The standard InChI is InChI=1S/C13H12Cl2OS/c1-8-3-6-12(17-8)13(2,16)10-7-9(14)4-5-11(10)15/h3-7,16H,1-2H3. The van der Waals surface area contributed by atoms with Crippen LogP contribution in [0.2, 0.25) is 10.0 Å². The van der Waals surface area contributed by atoms with Crippen LogP contribution in [0.4, 0.5) is 0 Å². The van der Waals surface area contributed by atoms with E-state index in [1.165, 1.54) is 0 Å². The Morgan fingerprint density at radius 3 is 2.47 bits per heavy atom. The Balaban J connectivity index is 2.54. The van der Waals surface area contributed by atoms with E-state index in [4.69, 9.17) is 23.2 Å². The minimum absolute atomic E-state index is 0.519. The number of aliphatic hydroxyl groups is 1. The highest BCUT2D eigenvalue weighted by atomic mass is 35.5. The molecule has 0 spiro atoms. The van der Waals surface area contributed by atoms with E-state index in [-0.39, 0.29) is 0 Å². The van der Waals surface area contributed by atoms with Crippen molar-refractivity contribution in [3.8, 4) is 0 Å². The van der Waals surface area contributed by atoms with Gasteiger partial charge in [-0.1, -0.05) is 23.2 Å². The monoisotopic (exact) mass is 286 g/mol. The fourth-order valence-corrected chi connectivity index (χ4v) is 3.10. The van der Waals surface area contributed by atoms with Gasteiger partial charge in [-0.2, -0.15) is 0 Å². The molecule has 4 heteroatoms. The van der Waals surface area contributed by atoms with Crippen molar-refractivity contribution in [3.63, 3.8) is 0 Å². The lowest BCUT2D eigenvalue weighted by atomic mass is 9.94. The van der Waals surface area contributed by atoms with Gasteiger partial charge in [0.05, 0.1) is 0 Å². The summed E-state index contributed by atoms with van der Waals surface area (Å²) >= 11 is 13.6. The van der Waals surface area contributed by atoms with E-state index >= 15 is 0 Å². The second-order valence-corrected chi connectivity index (χ2v) is 6.24. The molecule has 1 atom stereocenters. The molecule has 0 aliphatic heterocycles.